The van der Waals surface area contributed by atoms with Crippen LogP contribution in [0.25, 0.3) is 0 Å². The van der Waals surface area contributed by atoms with Gasteiger partial charge in [0.25, 0.3) is 0 Å². The van der Waals surface area contributed by atoms with Gasteiger partial charge in [0, 0.05) is 48.3 Å². The lowest BCUT2D eigenvalue weighted by molar-refractivity contribution is -0.152. The lowest BCUT2D eigenvalue weighted by Gasteiger charge is -2.57. The van der Waals surface area contributed by atoms with Gasteiger partial charge in [0.1, 0.15) is 19.0 Å². The van der Waals surface area contributed by atoms with E-state index in [4.69, 9.17) is 14.8 Å². The molecule has 0 amide bonds. The molecule has 9 saturated carbocycles. The molecule has 0 aromatic rings. The number of carboxylic acid groups (broad SMARTS) is 1. The van der Waals surface area contributed by atoms with E-state index in [0.717, 1.165) is 108 Å². The summed E-state index contributed by atoms with van der Waals surface area (Å²) in [6.45, 7) is 31.9. The molecule has 0 spiro atoms. The van der Waals surface area contributed by atoms with E-state index in [1.165, 1.54) is 16.7 Å². The number of ketones is 4. The molecular weight excluding hydrogens is 1280 g/mol. The van der Waals surface area contributed by atoms with E-state index in [9.17, 15) is 63.4 Å². The van der Waals surface area contributed by atoms with E-state index in [2.05, 4.69) is 109 Å². The van der Waals surface area contributed by atoms with Crippen LogP contribution in [0.4, 0.5) is 8.78 Å². The highest BCUT2D eigenvalue weighted by atomic mass is 32.1. The number of fused-ring (bicyclic) bond motifs is 15. The third-order valence-electron chi connectivity index (χ3n) is 27.2. The van der Waals surface area contributed by atoms with Crippen molar-refractivity contribution in [2.24, 2.45) is 120 Å². The number of aliphatic hydroxyl groups is 6. The number of rotatable bonds is 15. The van der Waals surface area contributed by atoms with Gasteiger partial charge in [-0.3, -0.25) is 19.2 Å². The fraction of sp³-hybridized carbons (Fsp3) is 0.753. The number of aliphatic hydroxyl groups excluding tert-OH is 6. The van der Waals surface area contributed by atoms with Crippen molar-refractivity contribution in [3.8, 4) is 0 Å². The Balaban J connectivity index is 0.000000172. The number of carbonyl (C=O) groups is 5. The summed E-state index contributed by atoms with van der Waals surface area (Å²) >= 11 is 2.42. The fourth-order valence-electron chi connectivity index (χ4n) is 22.1. The molecule has 9 fully saturated rings. The van der Waals surface area contributed by atoms with E-state index < -0.39 is 47.8 Å². The number of halogens is 2. The average Bonchev–Trinajstić information content (AvgIpc) is 1.56. The molecule has 0 heterocycles. The number of thiol groups is 1. The minimum Gasteiger partial charge on any atom is -0.476 e. The number of carboxylic acids is 1. The Morgan fingerprint density at radius 3 is 1.04 bits per heavy atom. The first-order valence-corrected chi connectivity index (χ1v) is 36.6. The third kappa shape index (κ3) is 15.4. The Hall–Kier alpha value is -4.58. The first-order valence-electron chi connectivity index (χ1n) is 36.1. The summed E-state index contributed by atoms with van der Waals surface area (Å²) in [6.07, 6.45) is 24.1. The van der Waals surface area contributed by atoms with E-state index in [-0.39, 0.29) is 79.3 Å². The van der Waals surface area contributed by atoms with Crippen LogP contribution in [0.1, 0.15) is 197 Å². The van der Waals surface area contributed by atoms with E-state index in [0.29, 0.717) is 106 Å². The topological polar surface area (TPSA) is 305 Å². The van der Waals surface area contributed by atoms with Gasteiger partial charge in [-0.05, 0) is 229 Å². The number of hydrogen-bond acceptors (Lipinski definition) is 18. The summed E-state index contributed by atoms with van der Waals surface area (Å²) in [5, 5.41) is 73.9. The fourth-order valence-corrected chi connectivity index (χ4v) is 22.1. The number of allylic oxidation sites excluding steroid dienone is 6. The maximum atomic E-state index is 13.1. The Bertz CT molecular complexity index is 3000. The van der Waals surface area contributed by atoms with Gasteiger partial charge in [0.05, 0.1) is 54.7 Å². The summed E-state index contributed by atoms with van der Waals surface area (Å²) in [6, 6.07) is 0. The summed E-state index contributed by atoms with van der Waals surface area (Å²) in [7, 11) is 0. The number of Topliss-reactive ketones (excluding diaryl/α,β-unsaturated/α-hetero) is 1. The Kier molecular flexibility index (Phi) is 25.5. The normalized spacial score (nSPS) is 42.6. The first kappa shape index (κ1) is 79.1. The third-order valence-corrected chi connectivity index (χ3v) is 27.4. The SMILES string of the molecule is C=CCCO/N=C(\C)[C@H]1CC[C@@H]2C3=CC(=O)[C@@H]4C[C@@H](O)[C@@H](O)C[C@]4(C)C3CC[C@@]21C.C=CCCO/N=C(\C)[C@H]1CC[C@H]2C3=CC(=O)[C@@H]4C[C@@H](O)[C@@H](O)C[C@]4(C)C3CC[C@]12C.C=CCCON.CC(=O)[C@H]1CCC2C3=CC(=O)[C@@H]4C[C@@H](O)[C@@H](O)C[C@]4(C)C3CC[C@@]21C.O=C(O)C(F)(F)S. The van der Waals surface area contributed by atoms with Crippen molar-refractivity contribution in [3.05, 3.63) is 72.9 Å². The molecule has 0 aromatic heterocycles. The minimum atomic E-state index is -3.89. The molecule has 18 nitrogen and oxygen atoms in total. The zero-order valence-corrected chi connectivity index (χ0v) is 60.4. The van der Waals surface area contributed by atoms with E-state index in [1.54, 1.807) is 13.0 Å². The van der Waals surface area contributed by atoms with Crippen LogP contribution in [-0.4, -0.2) is 138 Å². The number of oxime groups is 2. The minimum absolute atomic E-state index is 0.0234. The van der Waals surface area contributed by atoms with Gasteiger partial charge >= 0.3 is 11.2 Å². The average molecular weight is 1390 g/mol. The molecule has 9 N–H and O–H groups in total. The summed E-state index contributed by atoms with van der Waals surface area (Å²) < 4.78 is 22.2. The number of nitrogens with two attached hydrogens (primary N) is 1. The van der Waals surface area contributed by atoms with E-state index >= 15 is 0 Å². The zero-order valence-electron chi connectivity index (χ0n) is 59.5. The molecule has 21 heteroatoms. The van der Waals surface area contributed by atoms with Crippen LogP contribution < -0.4 is 5.90 Å². The number of nitrogens with zero attached hydrogens (tertiary/aromatic N) is 2. The molecule has 0 aliphatic heterocycles. The zero-order chi connectivity index (χ0) is 72.4. The lowest BCUT2D eigenvalue weighted by atomic mass is 9.47. The lowest BCUT2D eigenvalue weighted by Crippen LogP contribution is -2.56. The van der Waals surface area contributed by atoms with Crippen molar-refractivity contribution in [3.63, 3.8) is 0 Å². The Morgan fingerprint density at radius 1 is 0.500 bits per heavy atom. The van der Waals surface area contributed by atoms with Crippen molar-refractivity contribution >= 4 is 53.2 Å². The van der Waals surface area contributed by atoms with Crippen molar-refractivity contribution in [1.29, 1.82) is 0 Å². The van der Waals surface area contributed by atoms with Crippen LogP contribution in [0, 0.1) is 104 Å². The van der Waals surface area contributed by atoms with Gasteiger partial charge in [-0.15, -0.1) is 19.7 Å². The molecule has 0 aromatic carbocycles. The van der Waals surface area contributed by atoms with Gasteiger partial charge in [-0.25, -0.2) is 10.7 Å². The van der Waals surface area contributed by atoms with Crippen LogP contribution in [0.2, 0.25) is 0 Å². The van der Waals surface area contributed by atoms with Crippen LogP contribution >= 0.6 is 12.6 Å². The van der Waals surface area contributed by atoms with Gasteiger partial charge in [-0.1, -0.05) is 99.4 Å². The first-order chi connectivity index (χ1) is 46.0. The molecule has 12 rings (SSSR count). The highest BCUT2D eigenvalue weighted by molar-refractivity contribution is 7.82. The quantitative estimate of drug-likeness (QED) is 0.0242. The smallest absolute Gasteiger partial charge is 0.386 e. The van der Waals surface area contributed by atoms with Crippen molar-refractivity contribution in [1.82, 2.24) is 0 Å². The molecular formula is C77H115F2N3O15S. The molecule has 12 aliphatic rings. The van der Waals surface area contributed by atoms with Crippen LogP contribution in [0.15, 0.2) is 83.2 Å². The number of hydrogen-bond donors (Lipinski definition) is 9. The Labute approximate surface area is 584 Å². The van der Waals surface area contributed by atoms with E-state index in [1.807, 2.05) is 30.4 Å². The highest BCUT2D eigenvalue weighted by Crippen LogP contribution is 2.69. The molecule has 548 valence electrons. The molecule has 4 unspecified atom stereocenters. The summed E-state index contributed by atoms with van der Waals surface area (Å²) in [5.74, 6) is 5.47. The second-order valence-corrected chi connectivity index (χ2v) is 33.1. The molecule has 0 radical (unpaired) electrons. The predicted molar refractivity (Wildman–Crippen MR) is 374 cm³/mol. The maximum Gasteiger partial charge on any atom is 0.386 e. The monoisotopic (exact) mass is 1390 g/mol. The highest BCUT2D eigenvalue weighted by Gasteiger charge is 2.65. The number of alkyl halides is 2. The van der Waals surface area contributed by atoms with Gasteiger partial charge in [0.2, 0.25) is 0 Å². The number of aliphatic carboxylic acids is 1. The van der Waals surface area contributed by atoms with Gasteiger partial charge < -0.3 is 50.3 Å². The molecule has 24 atom stereocenters. The van der Waals surface area contributed by atoms with Crippen molar-refractivity contribution in [2.45, 2.75) is 239 Å². The maximum absolute atomic E-state index is 13.1. The molecule has 0 saturated heterocycles. The second kappa shape index (κ2) is 31.6. The van der Waals surface area contributed by atoms with Gasteiger partial charge in [-0.2, -0.15) is 8.78 Å². The van der Waals surface area contributed by atoms with Gasteiger partial charge in [0.15, 0.2) is 17.3 Å². The number of carbonyl (C=O) groups excluding carboxylic acids is 4. The van der Waals surface area contributed by atoms with Crippen molar-refractivity contribution in [2.75, 3.05) is 19.8 Å². The Morgan fingerprint density at radius 2 is 0.776 bits per heavy atom. The summed E-state index contributed by atoms with van der Waals surface area (Å²) in [4.78, 5) is 75.7. The van der Waals surface area contributed by atoms with Crippen LogP contribution in [0.5, 0.6) is 0 Å². The summed E-state index contributed by atoms with van der Waals surface area (Å²) in [5.41, 5.74) is 5.35. The van der Waals surface area contributed by atoms with Crippen LogP contribution in [0.3, 0.4) is 0 Å². The largest absolute Gasteiger partial charge is 0.476 e. The van der Waals surface area contributed by atoms with Crippen LogP contribution in [-0.2, 0) is 38.5 Å². The molecule has 98 heavy (non-hydrogen) atoms. The standard InChI is InChI=1S/2C25H37NO4.C21H30O4.C4H9NO.C2H2F2O2S/c2*1-5-6-11-30-26-15(2)17-7-8-18-16-12-21(27)20-13-22(28)23(29)14-25(20,4)19(16)9-10-24(17,18)3;1-11(22)13-4-5-14-12-8-17(23)16-9-18(24)19(25)10-21(16,3)15(12)6-7-20(13,14)2;1-2-3-4-6-5;3-2(4,7)1(5)6/h2*5,12,17-20,22-23,28-29H,1,6-11,13-14H2,2-4H3;8,13-16,18-19,24-25H,4-7,9-10H2,1-3H3;2H,1,3-5H2;7H,(H,5,6)/b2*26-15+;;;/t17-,18+,19?,20+,22-,23+,24-,25-;17-,18-,19?,20+,22-,23+,24-,25-;13-,14?,15?,16+,18-,19+,20-,21-;;/m111../s1. The second-order valence-electron chi connectivity index (χ2n) is 32.6. The molecule has 0 bridgehead atoms. The predicted octanol–water partition coefficient (Wildman–Crippen LogP) is 11.8. The van der Waals surface area contributed by atoms with Crippen molar-refractivity contribution < 1.29 is 83.0 Å². The molecule has 12 aliphatic carbocycles.